The Kier molecular flexibility index (Phi) is 5.16. The second kappa shape index (κ2) is 9.39. The van der Waals surface area contributed by atoms with Crippen LogP contribution < -0.4 is 0 Å². The van der Waals surface area contributed by atoms with Crippen molar-refractivity contribution in [3.8, 4) is 22.8 Å². The maximum atomic E-state index is 5.37. The van der Waals surface area contributed by atoms with Crippen LogP contribution in [-0.2, 0) is 0 Å². The van der Waals surface area contributed by atoms with E-state index >= 15 is 0 Å². The van der Waals surface area contributed by atoms with Crippen LogP contribution in [0.5, 0.6) is 0 Å². The maximum absolute atomic E-state index is 5.37. The van der Waals surface area contributed by atoms with Crippen molar-refractivity contribution in [1.29, 1.82) is 0 Å². The van der Waals surface area contributed by atoms with Crippen molar-refractivity contribution >= 4 is 75.1 Å². The second-order valence-corrected chi connectivity index (χ2v) is 12.7. The topological polar surface area (TPSA) is 22.8 Å². The summed E-state index contributed by atoms with van der Waals surface area (Å²) in [5.41, 5.74) is 7.96. The number of hydrogen-bond donors (Lipinski definition) is 0. The minimum atomic E-state index is 0.915. The third-order valence-corrected chi connectivity index (χ3v) is 10.3. The predicted octanol–water partition coefficient (Wildman–Crippen LogP) is 11.3. The minimum Gasteiger partial charge on any atom is -0.309 e. The van der Waals surface area contributed by atoms with Crippen LogP contribution in [-0.4, -0.2) is 14.1 Å². The Morgan fingerprint density at radius 2 is 1.16 bits per heavy atom. The Morgan fingerprint density at radius 3 is 2.02 bits per heavy atom. The van der Waals surface area contributed by atoms with Gasteiger partial charge in [0.25, 0.3) is 0 Å². The highest BCUT2D eigenvalue weighted by Crippen LogP contribution is 2.42. The lowest BCUT2D eigenvalue weighted by Gasteiger charge is -2.11. The Morgan fingerprint density at radius 1 is 0.444 bits per heavy atom. The molecule has 0 saturated heterocycles. The molecule has 10 aromatic rings. The third kappa shape index (κ3) is 3.54. The van der Waals surface area contributed by atoms with Gasteiger partial charge < -0.3 is 4.57 Å². The number of para-hydroxylation sites is 3. The van der Waals surface area contributed by atoms with Crippen LogP contribution in [0.25, 0.3) is 86.5 Å². The molecule has 0 aliphatic heterocycles. The number of rotatable bonds is 3. The normalized spacial score (nSPS) is 12.0. The van der Waals surface area contributed by atoms with Gasteiger partial charge >= 0.3 is 0 Å². The van der Waals surface area contributed by atoms with Gasteiger partial charge in [0.15, 0.2) is 0 Å². The van der Waals surface area contributed by atoms with Gasteiger partial charge in [0.05, 0.1) is 27.8 Å². The quantitative estimate of drug-likeness (QED) is 0.200. The summed E-state index contributed by atoms with van der Waals surface area (Å²) >= 11 is 1.85. The first kappa shape index (κ1) is 24.7. The lowest BCUT2D eigenvalue weighted by Crippen LogP contribution is -1.99. The number of hydrogen-bond acceptors (Lipinski definition) is 2. The molecule has 0 N–H and O–H groups in total. The van der Waals surface area contributed by atoms with E-state index in [1.54, 1.807) is 0 Å². The molecule has 4 heterocycles. The molecule has 0 aliphatic rings. The molecular formula is C41H25N3S. The zero-order valence-electron chi connectivity index (χ0n) is 24.2. The van der Waals surface area contributed by atoms with Gasteiger partial charge in [-0.05, 0) is 60.7 Å². The van der Waals surface area contributed by atoms with E-state index in [1.165, 1.54) is 58.3 Å². The second-order valence-electron chi connectivity index (χ2n) is 11.6. The highest BCUT2D eigenvalue weighted by atomic mass is 32.1. The van der Waals surface area contributed by atoms with Crippen molar-refractivity contribution in [1.82, 2.24) is 14.1 Å². The predicted molar refractivity (Wildman–Crippen MR) is 191 cm³/mol. The number of fused-ring (bicyclic) bond motifs is 10. The van der Waals surface area contributed by atoms with Gasteiger partial charge in [-0.2, -0.15) is 0 Å². The van der Waals surface area contributed by atoms with Gasteiger partial charge in [0, 0.05) is 53.0 Å². The van der Waals surface area contributed by atoms with Gasteiger partial charge in [-0.3, -0.25) is 4.57 Å². The maximum Gasteiger partial charge on any atom is 0.138 e. The van der Waals surface area contributed by atoms with E-state index in [4.69, 9.17) is 4.98 Å². The number of thiophene rings is 1. The number of nitrogens with zero attached hydrogens (tertiary/aromatic N) is 3. The van der Waals surface area contributed by atoms with Crippen LogP contribution in [0.15, 0.2) is 152 Å². The first-order chi connectivity index (χ1) is 22.3. The molecule has 6 aromatic carbocycles. The third-order valence-electron chi connectivity index (χ3n) is 9.12. The Bertz CT molecular complexity index is 2760. The van der Waals surface area contributed by atoms with Gasteiger partial charge in [-0.25, -0.2) is 4.98 Å². The van der Waals surface area contributed by atoms with Crippen molar-refractivity contribution in [2.45, 2.75) is 0 Å². The van der Waals surface area contributed by atoms with Crippen LogP contribution in [0, 0.1) is 0 Å². The van der Waals surface area contributed by atoms with Crippen molar-refractivity contribution in [3.63, 3.8) is 0 Å². The fourth-order valence-electron chi connectivity index (χ4n) is 7.20. The smallest absolute Gasteiger partial charge is 0.138 e. The molecule has 0 unspecified atom stereocenters. The summed E-state index contributed by atoms with van der Waals surface area (Å²) in [6.45, 7) is 0. The molecule has 0 amide bonds. The summed E-state index contributed by atoms with van der Waals surface area (Å²) in [4.78, 5) is 5.37. The highest BCUT2D eigenvalue weighted by Gasteiger charge is 2.21. The number of pyridine rings is 1. The summed E-state index contributed by atoms with van der Waals surface area (Å²) in [7, 11) is 0. The molecule has 45 heavy (non-hydrogen) atoms. The van der Waals surface area contributed by atoms with E-state index in [0.29, 0.717) is 0 Å². The zero-order valence-corrected chi connectivity index (χ0v) is 25.0. The van der Waals surface area contributed by atoms with Crippen LogP contribution in [0.2, 0.25) is 0 Å². The monoisotopic (exact) mass is 591 g/mol. The fraction of sp³-hybridized carbons (Fsp3) is 0. The highest BCUT2D eigenvalue weighted by molar-refractivity contribution is 7.25. The number of benzene rings is 6. The molecule has 4 heteroatoms. The van der Waals surface area contributed by atoms with E-state index in [-0.39, 0.29) is 0 Å². The average Bonchev–Trinajstić information content (AvgIpc) is 3.76. The molecule has 0 aliphatic carbocycles. The molecule has 0 bridgehead atoms. The van der Waals surface area contributed by atoms with Crippen LogP contribution in [0.4, 0.5) is 0 Å². The van der Waals surface area contributed by atoms with Crippen LogP contribution >= 0.6 is 11.3 Å². The van der Waals surface area contributed by atoms with E-state index in [1.807, 2.05) is 11.3 Å². The Hall–Kier alpha value is -5.71. The van der Waals surface area contributed by atoms with Gasteiger partial charge in [0.2, 0.25) is 0 Å². The molecule has 0 atom stereocenters. The minimum absolute atomic E-state index is 0.915. The zero-order chi connectivity index (χ0) is 29.5. The molecular weight excluding hydrogens is 567 g/mol. The summed E-state index contributed by atoms with van der Waals surface area (Å²) in [5.74, 6) is 0.915. The first-order valence-corrected chi connectivity index (χ1v) is 16.0. The van der Waals surface area contributed by atoms with Gasteiger partial charge in [0.1, 0.15) is 5.82 Å². The molecule has 0 saturated carbocycles. The lowest BCUT2D eigenvalue weighted by molar-refractivity contribution is 1.09. The van der Waals surface area contributed by atoms with E-state index < -0.39 is 0 Å². The van der Waals surface area contributed by atoms with Crippen molar-refractivity contribution in [2.24, 2.45) is 0 Å². The summed E-state index contributed by atoms with van der Waals surface area (Å²) in [5, 5.41) is 7.51. The summed E-state index contributed by atoms with van der Waals surface area (Å²) < 4.78 is 7.37. The van der Waals surface area contributed by atoms with Crippen molar-refractivity contribution in [2.75, 3.05) is 0 Å². The number of aromatic nitrogens is 3. The molecule has 0 fully saturated rings. The molecule has 10 rings (SSSR count). The van der Waals surface area contributed by atoms with Gasteiger partial charge in [-0.15, -0.1) is 11.3 Å². The lowest BCUT2D eigenvalue weighted by atomic mass is 10.1. The first-order valence-electron chi connectivity index (χ1n) is 15.2. The van der Waals surface area contributed by atoms with Crippen LogP contribution in [0.3, 0.4) is 0 Å². The average molecular weight is 592 g/mol. The molecule has 0 radical (unpaired) electrons. The summed E-state index contributed by atoms with van der Waals surface area (Å²) in [6, 6.07) is 54.5. The molecule has 210 valence electrons. The molecule has 3 nitrogen and oxygen atoms in total. The molecule has 0 spiro atoms. The van der Waals surface area contributed by atoms with Crippen molar-refractivity contribution < 1.29 is 0 Å². The molecule has 4 aromatic heterocycles. The van der Waals surface area contributed by atoms with E-state index in [0.717, 1.165) is 28.3 Å². The van der Waals surface area contributed by atoms with Crippen LogP contribution in [0.1, 0.15) is 0 Å². The fourth-order valence-corrected chi connectivity index (χ4v) is 8.28. The van der Waals surface area contributed by atoms with E-state index in [2.05, 4.69) is 161 Å². The Balaban J connectivity index is 1.28. The summed E-state index contributed by atoms with van der Waals surface area (Å²) in [6.07, 6.45) is 0. The van der Waals surface area contributed by atoms with Gasteiger partial charge in [-0.1, -0.05) is 91.0 Å². The van der Waals surface area contributed by atoms with Crippen molar-refractivity contribution in [3.05, 3.63) is 152 Å². The Labute approximate surface area is 262 Å². The largest absolute Gasteiger partial charge is 0.309 e. The SMILES string of the molecule is c1ccc(-n2c3ccccc3c3c2ccc2c4ccccc4n(-c4cccc(-c5ccc6sc7ccccc7c6c5)n4)c23)cc1. The van der Waals surface area contributed by atoms with E-state index in [9.17, 15) is 0 Å². The standard InChI is InChI=1S/C41H25N3S/c1-2-11-27(12-3-1)43-35-18-8-5-15-31(35)40-36(43)23-22-30-28-13-4-7-17-34(28)44(41(30)40)39-20-10-16-33(42-39)26-21-24-38-32(25-26)29-14-6-9-19-37(29)45-38/h1-25H.